The minimum Gasteiger partial charge on any atom is -0.326 e. The van der Waals surface area contributed by atoms with Gasteiger partial charge in [-0.15, -0.1) is 0 Å². The van der Waals surface area contributed by atoms with Gasteiger partial charge in [-0.1, -0.05) is 13.0 Å². The van der Waals surface area contributed by atoms with E-state index in [9.17, 15) is 0 Å². The van der Waals surface area contributed by atoms with Gasteiger partial charge in [-0.05, 0) is 26.0 Å². The van der Waals surface area contributed by atoms with Gasteiger partial charge in [-0.25, -0.2) is 0 Å². The Morgan fingerprint density at radius 2 is 2.22 bits per heavy atom. The molecule has 1 fully saturated rings. The topological polar surface area (TPSA) is 42.1 Å². The summed E-state index contributed by atoms with van der Waals surface area (Å²) in [6.45, 7) is 7.78. The molecule has 100 valence electrons. The summed E-state index contributed by atoms with van der Waals surface area (Å²) in [5, 5.41) is 0.656. The molecule has 3 nitrogen and oxygen atoms in total. The largest absolute Gasteiger partial charge is 0.326 e. The van der Waals surface area contributed by atoms with E-state index in [4.69, 9.17) is 5.73 Å². The van der Waals surface area contributed by atoms with Gasteiger partial charge >= 0.3 is 0 Å². The molecule has 4 heteroatoms. The van der Waals surface area contributed by atoms with Crippen LogP contribution in [0, 0.1) is 0 Å². The molecule has 0 amide bonds. The van der Waals surface area contributed by atoms with E-state index in [1.165, 1.54) is 5.75 Å². The summed E-state index contributed by atoms with van der Waals surface area (Å²) in [7, 11) is 0. The summed E-state index contributed by atoms with van der Waals surface area (Å²) in [4.78, 5) is 7.03. The van der Waals surface area contributed by atoms with Gasteiger partial charge in [0, 0.05) is 35.8 Å². The third-order valence-electron chi connectivity index (χ3n) is 3.78. The summed E-state index contributed by atoms with van der Waals surface area (Å²) in [5.41, 5.74) is 7.31. The summed E-state index contributed by atoms with van der Waals surface area (Å²) in [6, 6.07) is 6.96. The minimum absolute atomic E-state index is 0.0950. The number of hydrogen-bond donors (Lipinski definition) is 1. The molecular formula is C14H23N3S. The van der Waals surface area contributed by atoms with Crippen LogP contribution in [0.3, 0.4) is 0 Å². The standard InChI is InChI=1S/C14H23N3S/c1-10(15)14(13-6-4-5-7-16-13)17-8-9-18-12(3)11(17)2/h4-7,10-12,14H,8-9,15H2,1-3H3. The maximum atomic E-state index is 6.22. The molecular weight excluding hydrogens is 242 g/mol. The van der Waals surface area contributed by atoms with Gasteiger partial charge in [0.25, 0.3) is 0 Å². The van der Waals surface area contributed by atoms with Crippen molar-refractivity contribution in [2.75, 3.05) is 12.3 Å². The van der Waals surface area contributed by atoms with E-state index < -0.39 is 0 Å². The maximum absolute atomic E-state index is 6.22. The second-order valence-corrected chi connectivity index (χ2v) is 6.60. The summed E-state index contributed by atoms with van der Waals surface area (Å²) >= 11 is 2.05. The van der Waals surface area contributed by atoms with Crippen LogP contribution in [0.5, 0.6) is 0 Å². The SMILES string of the molecule is CC(N)C(c1ccccn1)N1CCSC(C)C1C. The lowest BCUT2D eigenvalue weighted by Crippen LogP contribution is -2.51. The van der Waals surface area contributed by atoms with Crippen molar-refractivity contribution in [3.63, 3.8) is 0 Å². The summed E-state index contributed by atoms with van der Waals surface area (Å²) in [5.74, 6) is 1.18. The van der Waals surface area contributed by atoms with Crippen LogP contribution in [-0.2, 0) is 0 Å². The minimum atomic E-state index is 0.0950. The van der Waals surface area contributed by atoms with E-state index in [2.05, 4.69) is 48.5 Å². The molecule has 0 saturated carbocycles. The Morgan fingerprint density at radius 1 is 1.44 bits per heavy atom. The Balaban J connectivity index is 2.25. The zero-order valence-corrected chi connectivity index (χ0v) is 12.2. The molecule has 1 aliphatic rings. The van der Waals surface area contributed by atoms with Gasteiger partial charge < -0.3 is 5.73 Å². The first-order valence-corrected chi connectivity index (χ1v) is 7.70. The van der Waals surface area contributed by atoms with E-state index in [1.807, 2.05) is 18.3 Å². The molecule has 2 N–H and O–H groups in total. The van der Waals surface area contributed by atoms with E-state index in [1.54, 1.807) is 0 Å². The molecule has 0 spiro atoms. The number of hydrogen-bond acceptors (Lipinski definition) is 4. The molecule has 18 heavy (non-hydrogen) atoms. The van der Waals surface area contributed by atoms with Crippen LogP contribution >= 0.6 is 11.8 Å². The number of thioether (sulfide) groups is 1. The van der Waals surface area contributed by atoms with Crippen LogP contribution in [0.1, 0.15) is 32.5 Å². The molecule has 0 aromatic carbocycles. The summed E-state index contributed by atoms with van der Waals surface area (Å²) < 4.78 is 0. The molecule has 0 radical (unpaired) electrons. The van der Waals surface area contributed by atoms with Crippen molar-refractivity contribution < 1.29 is 0 Å². The normalized spacial score (nSPS) is 28.9. The van der Waals surface area contributed by atoms with Crippen LogP contribution in [0.25, 0.3) is 0 Å². The van der Waals surface area contributed by atoms with Crippen LogP contribution in [0.2, 0.25) is 0 Å². The highest BCUT2D eigenvalue weighted by Crippen LogP contribution is 2.32. The number of nitrogens with zero attached hydrogens (tertiary/aromatic N) is 2. The molecule has 4 atom stereocenters. The molecule has 0 bridgehead atoms. The Morgan fingerprint density at radius 3 is 2.83 bits per heavy atom. The Hall–Kier alpha value is -0.580. The zero-order chi connectivity index (χ0) is 13.1. The predicted molar refractivity (Wildman–Crippen MR) is 78.7 cm³/mol. The molecule has 1 aromatic heterocycles. The molecule has 2 heterocycles. The fourth-order valence-corrected chi connectivity index (χ4v) is 3.76. The van der Waals surface area contributed by atoms with Crippen molar-refractivity contribution in [3.8, 4) is 0 Å². The van der Waals surface area contributed by atoms with Gasteiger partial charge in [-0.2, -0.15) is 11.8 Å². The number of rotatable bonds is 3. The van der Waals surface area contributed by atoms with Crippen molar-refractivity contribution in [2.24, 2.45) is 5.73 Å². The van der Waals surface area contributed by atoms with Crippen molar-refractivity contribution >= 4 is 11.8 Å². The van der Waals surface area contributed by atoms with Crippen LogP contribution < -0.4 is 5.73 Å². The smallest absolute Gasteiger partial charge is 0.0673 e. The third kappa shape index (κ3) is 2.87. The van der Waals surface area contributed by atoms with Crippen LogP contribution in [0.15, 0.2) is 24.4 Å². The fourth-order valence-electron chi connectivity index (χ4n) is 2.64. The first-order valence-electron chi connectivity index (χ1n) is 6.65. The van der Waals surface area contributed by atoms with E-state index in [0.29, 0.717) is 11.3 Å². The second-order valence-electron chi connectivity index (χ2n) is 5.11. The Bertz CT molecular complexity index is 369. The quantitative estimate of drug-likeness (QED) is 0.910. The molecule has 4 unspecified atom stereocenters. The van der Waals surface area contributed by atoms with Gasteiger partial charge in [0.1, 0.15) is 0 Å². The lowest BCUT2D eigenvalue weighted by atomic mass is 10.0. The van der Waals surface area contributed by atoms with E-state index in [-0.39, 0.29) is 12.1 Å². The lowest BCUT2D eigenvalue weighted by molar-refractivity contribution is 0.127. The molecule has 2 rings (SSSR count). The highest BCUT2D eigenvalue weighted by Gasteiger charge is 2.33. The van der Waals surface area contributed by atoms with E-state index in [0.717, 1.165) is 12.2 Å². The average Bonchev–Trinajstić information content (AvgIpc) is 2.36. The second kappa shape index (κ2) is 6.04. The Labute approximate surface area is 114 Å². The molecule has 0 aliphatic carbocycles. The third-order valence-corrected chi connectivity index (χ3v) is 5.12. The number of nitrogens with two attached hydrogens (primary N) is 1. The summed E-state index contributed by atoms with van der Waals surface area (Å²) in [6.07, 6.45) is 1.86. The zero-order valence-electron chi connectivity index (χ0n) is 11.4. The van der Waals surface area contributed by atoms with Gasteiger partial charge in [0.05, 0.1) is 11.7 Å². The van der Waals surface area contributed by atoms with Gasteiger partial charge in [-0.3, -0.25) is 9.88 Å². The van der Waals surface area contributed by atoms with Gasteiger partial charge in [0.15, 0.2) is 0 Å². The monoisotopic (exact) mass is 265 g/mol. The first-order chi connectivity index (χ1) is 8.61. The highest BCUT2D eigenvalue weighted by molar-refractivity contribution is 8.00. The van der Waals surface area contributed by atoms with Crippen molar-refractivity contribution in [1.29, 1.82) is 0 Å². The predicted octanol–water partition coefficient (Wildman–Crippen LogP) is 2.30. The molecule has 1 aliphatic heterocycles. The highest BCUT2D eigenvalue weighted by atomic mass is 32.2. The lowest BCUT2D eigenvalue weighted by Gasteiger charge is -2.43. The average molecular weight is 265 g/mol. The van der Waals surface area contributed by atoms with Crippen molar-refractivity contribution in [1.82, 2.24) is 9.88 Å². The Kier molecular flexibility index (Phi) is 4.65. The van der Waals surface area contributed by atoms with E-state index >= 15 is 0 Å². The number of aromatic nitrogens is 1. The van der Waals surface area contributed by atoms with Gasteiger partial charge in [0.2, 0.25) is 0 Å². The van der Waals surface area contributed by atoms with Crippen molar-refractivity contribution in [2.45, 2.75) is 44.1 Å². The number of pyridine rings is 1. The fraction of sp³-hybridized carbons (Fsp3) is 0.643. The molecule has 1 saturated heterocycles. The molecule has 1 aromatic rings. The first kappa shape index (κ1) is 13.8. The maximum Gasteiger partial charge on any atom is 0.0673 e. The van der Waals surface area contributed by atoms with Crippen LogP contribution in [0.4, 0.5) is 0 Å². The van der Waals surface area contributed by atoms with Crippen LogP contribution in [-0.4, -0.2) is 39.5 Å². The van der Waals surface area contributed by atoms with Crippen molar-refractivity contribution in [3.05, 3.63) is 30.1 Å².